The molecule has 6 N–H and O–H groups in total. The van der Waals surface area contributed by atoms with Crippen molar-refractivity contribution in [2.24, 2.45) is 0 Å². The predicted molar refractivity (Wildman–Crippen MR) is 143 cm³/mol. The van der Waals surface area contributed by atoms with Gasteiger partial charge in [-0.05, 0) is 55.5 Å². The van der Waals surface area contributed by atoms with Crippen molar-refractivity contribution < 1.29 is 44.7 Å². The highest BCUT2D eigenvalue weighted by atomic mass is 16.4. The van der Waals surface area contributed by atoms with E-state index in [1.165, 1.54) is 6.20 Å². The molecule has 212 valence electrons. The lowest BCUT2D eigenvalue weighted by molar-refractivity contribution is -0.170. The second-order valence-corrected chi connectivity index (χ2v) is 9.57. The standard InChI is InChI=1S/C21H21N3O3.C6H8O7/c1-11-8-13(9-23-20(11)22-3)15-6-7-16-18(12(15)2)24(14-4-5-14)10-17(19(16)25)21(26)27;7-3(8)1-6(13,5(11)12)2-4(9)10/h6-10,14H,4-5H2,1-3H3,(H,22,23)(H,26,27);13H,1-2H2,(H,7,8)(H,9,10)(H,11,12). The third-order valence-electron chi connectivity index (χ3n) is 6.53. The molecule has 1 fully saturated rings. The Kier molecular flexibility index (Phi) is 8.58. The number of aliphatic carboxylic acids is 3. The maximum atomic E-state index is 12.7. The van der Waals surface area contributed by atoms with Crippen molar-refractivity contribution >= 4 is 40.6 Å². The molecular formula is C27H29N3O10. The van der Waals surface area contributed by atoms with Crippen molar-refractivity contribution in [3.05, 3.63) is 57.5 Å². The summed E-state index contributed by atoms with van der Waals surface area (Å²) >= 11 is 0. The molecule has 0 saturated heterocycles. The first-order chi connectivity index (χ1) is 18.7. The van der Waals surface area contributed by atoms with Crippen molar-refractivity contribution in [1.29, 1.82) is 0 Å². The Morgan fingerprint density at radius 2 is 1.65 bits per heavy atom. The molecule has 1 aliphatic rings. The topological polar surface area (TPSA) is 216 Å². The first-order valence-corrected chi connectivity index (χ1v) is 12.2. The number of fused-ring (bicyclic) bond motifs is 1. The number of nitrogens with one attached hydrogen (secondary N) is 1. The number of aryl methyl sites for hydroxylation is 2. The second-order valence-electron chi connectivity index (χ2n) is 9.57. The van der Waals surface area contributed by atoms with E-state index in [4.69, 9.17) is 20.4 Å². The van der Waals surface area contributed by atoms with Gasteiger partial charge in [-0.25, -0.2) is 14.6 Å². The summed E-state index contributed by atoms with van der Waals surface area (Å²) in [5.74, 6) is -5.37. The van der Waals surface area contributed by atoms with Crippen molar-refractivity contribution in [2.75, 3.05) is 12.4 Å². The summed E-state index contributed by atoms with van der Waals surface area (Å²) in [6, 6.07) is 5.95. The molecule has 0 radical (unpaired) electrons. The van der Waals surface area contributed by atoms with Crippen LogP contribution in [0.25, 0.3) is 22.0 Å². The van der Waals surface area contributed by atoms with Crippen LogP contribution < -0.4 is 10.7 Å². The monoisotopic (exact) mass is 555 g/mol. The van der Waals surface area contributed by atoms with Crippen LogP contribution in [0.3, 0.4) is 0 Å². The molecule has 13 nitrogen and oxygen atoms in total. The molecule has 2 aromatic heterocycles. The number of benzene rings is 1. The molecule has 0 bridgehead atoms. The summed E-state index contributed by atoms with van der Waals surface area (Å²) in [5.41, 5.74) is 1.46. The van der Waals surface area contributed by atoms with Crippen LogP contribution in [0.2, 0.25) is 0 Å². The van der Waals surface area contributed by atoms with Crippen LogP contribution in [0.5, 0.6) is 0 Å². The minimum Gasteiger partial charge on any atom is -0.481 e. The van der Waals surface area contributed by atoms with E-state index in [0.29, 0.717) is 5.39 Å². The Morgan fingerprint density at radius 3 is 2.10 bits per heavy atom. The molecule has 1 aliphatic carbocycles. The molecule has 1 aromatic carbocycles. The molecule has 0 amide bonds. The lowest BCUT2D eigenvalue weighted by atomic mass is 9.96. The maximum Gasteiger partial charge on any atom is 0.341 e. The van der Waals surface area contributed by atoms with E-state index in [9.17, 15) is 29.1 Å². The number of hydrogen-bond donors (Lipinski definition) is 6. The van der Waals surface area contributed by atoms with Gasteiger partial charge in [0.1, 0.15) is 11.4 Å². The molecule has 1 saturated carbocycles. The molecule has 0 unspecified atom stereocenters. The summed E-state index contributed by atoms with van der Waals surface area (Å²) in [5, 5.41) is 46.7. The molecule has 2 heterocycles. The molecule has 3 aromatic rings. The quantitative estimate of drug-likeness (QED) is 0.224. The number of aromatic nitrogens is 2. The largest absolute Gasteiger partial charge is 0.481 e. The minimum atomic E-state index is -2.74. The zero-order chi connectivity index (χ0) is 29.9. The Hall–Kier alpha value is -4.78. The first-order valence-electron chi connectivity index (χ1n) is 12.2. The highest BCUT2D eigenvalue weighted by Crippen LogP contribution is 2.39. The van der Waals surface area contributed by atoms with E-state index < -0.39 is 47.7 Å². The predicted octanol–water partition coefficient (Wildman–Crippen LogP) is 2.51. The lowest BCUT2D eigenvalue weighted by Gasteiger charge is -2.18. The first kappa shape index (κ1) is 29.8. The third-order valence-corrected chi connectivity index (χ3v) is 6.53. The van der Waals surface area contributed by atoms with Crippen molar-refractivity contribution in [3.63, 3.8) is 0 Å². The van der Waals surface area contributed by atoms with E-state index in [1.807, 2.05) is 37.7 Å². The summed E-state index contributed by atoms with van der Waals surface area (Å²) in [4.78, 5) is 59.1. The molecule has 40 heavy (non-hydrogen) atoms. The van der Waals surface area contributed by atoms with Gasteiger partial charge in [0.15, 0.2) is 5.60 Å². The second kappa shape index (κ2) is 11.5. The van der Waals surface area contributed by atoms with Gasteiger partial charge >= 0.3 is 23.9 Å². The Morgan fingerprint density at radius 1 is 1.05 bits per heavy atom. The van der Waals surface area contributed by atoms with Gasteiger partial charge < -0.3 is 35.4 Å². The highest BCUT2D eigenvalue weighted by molar-refractivity contribution is 5.95. The summed E-state index contributed by atoms with van der Waals surface area (Å²) < 4.78 is 1.97. The van der Waals surface area contributed by atoms with Crippen LogP contribution in [0.4, 0.5) is 5.82 Å². The zero-order valence-corrected chi connectivity index (χ0v) is 22.0. The van der Waals surface area contributed by atoms with E-state index in [2.05, 4.69) is 16.4 Å². The van der Waals surface area contributed by atoms with Gasteiger partial charge in [-0.1, -0.05) is 6.07 Å². The number of hydrogen-bond acceptors (Lipinski definition) is 8. The number of aliphatic hydroxyl groups is 1. The summed E-state index contributed by atoms with van der Waals surface area (Å²) in [7, 11) is 1.84. The molecule has 4 rings (SSSR count). The number of anilines is 1. The maximum absolute atomic E-state index is 12.7. The summed E-state index contributed by atoms with van der Waals surface area (Å²) in [6.45, 7) is 3.98. The smallest absolute Gasteiger partial charge is 0.341 e. The fourth-order valence-electron chi connectivity index (χ4n) is 4.43. The molecular weight excluding hydrogens is 526 g/mol. The van der Waals surface area contributed by atoms with Crippen molar-refractivity contribution in [2.45, 2.75) is 51.2 Å². The van der Waals surface area contributed by atoms with Crippen LogP contribution >= 0.6 is 0 Å². The molecule has 13 heteroatoms. The highest BCUT2D eigenvalue weighted by Gasteiger charge is 2.40. The normalized spacial score (nSPS) is 12.8. The Bertz CT molecular complexity index is 1560. The van der Waals surface area contributed by atoms with Crippen molar-refractivity contribution in [1.82, 2.24) is 9.55 Å². The Balaban J connectivity index is 0.000000289. The van der Waals surface area contributed by atoms with E-state index >= 15 is 0 Å². The number of carbonyl (C=O) groups is 4. The average Bonchev–Trinajstić information content (AvgIpc) is 3.69. The molecule has 0 atom stereocenters. The fraction of sp³-hybridized carbons (Fsp3) is 0.333. The minimum absolute atomic E-state index is 0.169. The number of pyridine rings is 2. The zero-order valence-electron chi connectivity index (χ0n) is 22.0. The van der Waals surface area contributed by atoms with Crippen LogP contribution in [0.1, 0.15) is 53.2 Å². The van der Waals surface area contributed by atoms with Gasteiger partial charge in [-0.3, -0.25) is 14.4 Å². The van der Waals surface area contributed by atoms with Gasteiger partial charge in [0, 0.05) is 36.4 Å². The number of aromatic carboxylic acids is 1. The summed E-state index contributed by atoms with van der Waals surface area (Å²) in [6.07, 6.45) is 3.03. The molecule has 0 aliphatic heterocycles. The Labute approximate surface area is 227 Å². The average molecular weight is 556 g/mol. The van der Waals surface area contributed by atoms with E-state index in [1.54, 1.807) is 6.07 Å². The number of carboxylic acids is 4. The van der Waals surface area contributed by atoms with Crippen LogP contribution in [-0.4, -0.2) is 71.6 Å². The van der Waals surface area contributed by atoms with Gasteiger partial charge in [-0.2, -0.15) is 0 Å². The molecule has 0 spiro atoms. The van der Waals surface area contributed by atoms with Gasteiger partial charge in [0.25, 0.3) is 0 Å². The number of rotatable bonds is 9. The lowest BCUT2D eigenvalue weighted by Crippen LogP contribution is -2.42. The SMILES string of the molecule is CNc1ncc(-c2ccc3c(=O)c(C(=O)O)cn(C4CC4)c3c2C)cc1C.O=C(O)CC(O)(CC(=O)O)C(=O)O. The van der Waals surface area contributed by atoms with E-state index in [-0.39, 0.29) is 11.6 Å². The van der Waals surface area contributed by atoms with E-state index in [0.717, 1.165) is 46.4 Å². The fourth-order valence-corrected chi connectivity index (χ4v) is 4.43. The number of carboxylic acid groups (broad SMARTS) is 4. The van der Waals surface area contributed by atoms with Crippen LogP contribution in [-0.2, 0) is 14.4 Å². The van der Waals surface area contributed by atoms with Gasteiger partial charge in [0.2, 0.25) is 5.43 Å². The van der Waals surface area contributed by atoms with Crippen LogP contribution in [0.15, 0.2) is 35.4 Å². The third kappa shape index (κ3) is 6.26. The van der Waals surface area contributed by atoms with Crippen molar-refractivity contribution in [3.8, 4) is 11.1 Å². The van der Waals surface area contributed by atoms with Crippen LogP contribution in [0, 0.1) is 13.8 Å². The van der Waals surface area contributed by atoms with Gasteiger partial charge in [0.05, 0.1) is 18.4 Å². The van der Waals surface area contributed by atoms with Gasteiger partial charge in [-0.15, -0.1) is 0 Å². The number of nitrogens with zero attached hydrogens (tertiary/aromatic N) is 2.